The fourth-order valence-corrected chi connectivity index (χ4v) is 10.0. The van der Waals surface area contributed by atoms with E-state index in [1.165, 1.54) is 6.33 Å². The van der Waals surface area contributed by atoms with Crippen LogP contribution in [-0.4, -0.2) is 67.7 Å². The van der Waals surface area contributed by atoms with Crippen LogP contribution >= 0.6 is 18.3 Å². The molecule has 0 spiro atoms. The molecule has 2 saturated heterocycles. The highest BCUT2D eigenvalue weighted by Gasteiger charge is 2.55. The van der Waals surface area contributed by atoms with Gasteiger partial charge in [-0.3, -0.25) is 4.57 Å². The summed E-state index contributed by atoms with van der Waals surface area (Å²) in [7, 11) is -4.73. The average Bonchev–Trinajstić information content (AvgIpc) is 3.52. The van der Waals surface area contributed by atoms with Gasteiger partial charge in [0, 0.05) is 11.4 Å². The lowest BCUT2D eigenvalue weighted by Crippen LogP contribution is -2.54. The first kappa shape index (κ1) is 37.0. The Morgan fingerprint density at radius 1 is 1.02 bits per heavy atom. The number of halogens is 1. The summed E-state index contributed by atoms with van der Waals surface area (Å²) < 4.78 is 42.0. The smallest absolute Gasteiger partial charge is 0.327 e. The molecule has 47 heavy (non-hydrogen) atoms. The highest BCUT2D eigenvalue weighted by molar-refractivity contribution is 8.07. The van der Waals surface area contributed by atoms with Gasteiger partial charge in [0.1, 0.15) is 30.2 Å². The molecule has 0 radical (unpaired) electrons. The van der Waals surface area contributed by atoms with Gasteiger partial charge in [-0.05, 0) is 65.8 Å². The van der Waals surface area contributed by atoms with Crippen LogP contribution in [0.3, 0.4) is 0 Å². The molecule has 0 bridgehead atoms. The van der Waals surface area contributed by atoms with E-state index >= 15 is 0 Å². The minimum atomic E-state index is -3.15. The lowest BCUT2D eigenvalue weighted by Gasteiger charge is -2.44. The van der Waals surface area contributed by atoms with Crippen LogP contribution in [0.2, 0.25) is 41.3 Å². The van der Waals surface area contributed by atoms with Crippen molar-refractivity contribution >= 4 is 63.7 Å². The van der Waals surface area contributed by atoms with Crippen molar-refractivity contribution in [3.8, 4) is 0 Å². The Kier molecular flexibility index (Phi) is 10.6. The van der Waals surface area contributed by atoms with Crippen molar-refractivity contribution in [1.82, 2.24) is 19.5 Å². The second-order valence-electron chi connectivity index (χ2n) is 15.3. The molecule has 6 atom stereocenters. The molecule has 2 N–H and O–H groups in total. The van der Waals surface area contributed by atoms with E-state index in [0.717, 1.165) is 5.56 Å². The van der Waals surface area contributed by atoms with Gasteiger partial charge < -0.3 is 32.9 Å². The molecule has 4 heterocycles. The van der Waals surface area contributed by atoms with Crippen molar-refractivity contribution in [2.45, 2.75) is 115 Å². The third kappa shape index (κ3) is 7.88. The van der Waals surface area contributed by atoms with E-state index in [1.807, 2.05) is 28.8 Å². The van der Waals surface area contributed by atoms with Crippen LogP contribution in [0.15, 0.2) is 36.9 Å². The fraction of sp³-hybridized carbons (Fsp3) is 0.645. The van der Waals surface area contributed by atoms with Gasteiger partial charge in [0.05, 0.1) is 25.6 Å². The van der Waals surface area contributed by atoms with Crippen LogP contribution in [0.4, 0.5) is 5.82 Å². The second-order valence-corrected chi connectivity index (χ2v) is 28.3. The van der Waals surface area contributed by atoms with Gasteiger partial charge in [-0.1, -0.05) is 65.3 Å². The minimum Gasteiger partial charge on any atom is -0.408 e. The topological polar surface area (TPSA) is 125 Å². The zero-order valence-corrected chi connectivity index (χ0v) is 33.5. The summed E-state index contributed by atoms with van der Waals surface area (Å²) in [5.74, 6) is 0.293. The van der Waals surface area contributed by atoms with Gasteiger partial charge in [0.2, 0.25) is 0 Å². The molecule has 0 amide bonds. The molecular formula is C31H49ClN5O6PSSi2. The number of nitrogens with two attached hydrogens (primary N) is 1. The predicted molar refractivity (Wildman–Crippen MR) is 194 cm³/mol. The van der Waals surface area contributed by atoms with Gasteiger partial charge in [-0.15, -0.1) is 0 Å². The number of nitrogen functional groups attached to an aromatic ring is 1. The number of benzene rings is 1. The summed E-state index contributed by atoms with van der Waals surface area (Å²) in [4.78, 5) is 13.2. The zero-order valence-electron chi connectivity index (χ0n) is 29.0. The number of anilines is 1. The summed E-state index contributed by atoms with van der Waals surface area (Å²) in [6, 6.07) is 7.60. The van der Waals surface area contributed by atoms with E-state index < -0.39 is 47.9 Å². The largest absolute Gasteiger partial charge is 0.408 e. The average molecular weight is 742 g/mol. The van der Waals surface area contributed by atoms with Crippen molar-refractivity contribution in [1.29, 1.82) is 0 Å². The van der Waals surface area contributed by atoms with E-state index in [0.29, 0.717) is 35.0 Å². The summed E-state index contributed by atoms with van der Waals surface area (Å²) in [5.41, 5.74) is 8.16. The van der Waals surface area contributed by atoms with E-state index in [-0.39, 0.29) is 22.8 Å². The molecular weight excluding hydrogens is 693 g/mol. The van der Waals surface area contributed by atoms with Crippen molar-refractivity contribution in [2.75, 3.05) is 18.9 Å². The lowest BCUT2D eigenvalue weighted by atomic mass is 10.1. The molecule has 11 nitrogen and oxygen atoms in total. The lowest BCUT2D eigenvalue weighted by molar-refractivity contribution is -0.0515. The summed E-state index contributed by atoms with van der Waals surface area (Å²) in [6.45, 7) is 19.6. The predicted octanol–water partition coefficient (Wildman–Crippen LogP) is 8.16. The first-order valence-corrected chi connectivity index (χ1v) is 24.7. The van der Waals surface area contributed by atoms with Gasteiger partial charge >= 0.3 is 6.72 Å². The monoisotopic (exact) mass is 741 g/mol. The molecule has 2 unspecified atom stereocenters. The van der Waals surface area contributed by atoms with E-state index in [9.17, 15) is 0 Å². The molecule has 3 aromatic rings. The first-order chi connectivity index (χ1) is 21.7. The molecule has 1 aromatic carbocycles. The number of ether oxygens (including phenoxy) is 1. The number of fused-ring (bicyclic) bond motifs is 1. The Labute approximate surface area is 290 Å². The van der Waals surface area contributed by atoms with Crippen molar-refractivity contribution in [3.05, 3.63) is 47.5 Å². The minimum absolute atomic E-state index is 0.0760. The number of aromatic nitrogens is 4. The highest BCUT2D eigenvalue weighted by atomic mass is 35.5. The van der Waals surface area contributed by atoms with Crippen molar-refractivity contribution < 1.29 is 27.2 Å². The Bertz CT molecular complexity index is 1630. The third-order valence-electron chi connectivity index (χ3n) is 9.92. The van der Waals surface area contributed by atoms with Crippen LogP contribution in [-0.2, 0) is 39.0 Å². The maximum Gasteiger partial charge on any atom is 0.327 e. The summed E-state index contributed by atoms with van der Waals surface area (Å²) in [5, 5.41) is 0.481. The number of nitrogens with zero attached hydrogens (tertiary/aromatic N) is 4. The molecule has 5 rings (SSSR count). The summed E-state index contributed by atoms with van der Waals surface area (Å²) in [6.07, 6.45) is 1.24. The molecule has 2 aliphatic heterocycles. The first-order valence-electron chi connectivity index (χ1n) is 16.0. The van der Waals surface area contributed by atoms with Gasteiger partial charge in [-0.25, -0.2) is 15.0 Å². The Morgan fingerprint density at radius 3 is 2.32 bits per heavy atom. The summed E-state index contributed by atoms with van der Waals surface area (Å²) >= 11 is 12.2. The van der Waals surface area contributed by atoms with E-state index in [2.05, 4.69) is 82.7 Å². The fourth-order valence-electron chi connectivity index (χ4n) is 5.10. The molecule has 2 fully saturated rings. The van der Waals surface area contributed by atoms with Crippen LogP contribution in [0, 0.1) is 0 Å². The molecule has 16 heteroatoms. The van der Waals surface area contributed by atoms with Crippen LogP contribution in [0.5, 0.6) is 0 Å². The molecule has 260 valence electrons. The molecule has 2 aromatic heterocycles. The maximum atomic E-state index is 7.22. The third-order valence-corrected chi connectivity index (χ3v) is 21.5. The maximum absolute atomic E-state index is 7.22. The molecule has 2 aliphatic rings. The van der Waals surface area contributed by atoms with E-state index in [1.54, 1.807) is 6.33 Å². The molecule has 0 saturated carbocycles. The SMILES string of the molecule is CC(C)(C)[Si](C)(C)O[C@@H]1[C@H](O[Si](C)(C)C(C)(C)C)[C@@H](COP2(=S)OCCC(c3cccc(Cl)c3)O2)O[C@H]1n1cnc2c(N)ncnc21. The van der Waals surface area contributed by atoms with Crippen molar-refractivity contribution in [3.63, 3.8) is 0 Å². The van der Waals surface area contributed by atoms with Gasteiger partial charge in [-0.2, -0.15) is 0 Å². The Hall–Kier alpha value is -1.30. The molecule has 0 aliphatic carbocycles. The number of hydrogen-bond acceptors (Lipinski definition) is 11. The normalized spacial score (nSPS) is 27.9. The highest BCUT2D eigenvalue weighted by Crippen LogP contribution is 2.58. The number of hydrogen-bond donors (Lipinski definition) is 1. The Morgan fingerprint density at radius 2 is 1.68 bits per heavy atom. The second kappa shape index (κ2) is 13.4. The van der Waals surface area contributed by atoms with Gasteiger partial charge in [0.25, 0.3) is 0 Å². The quantitative estimate of drug-likeness (QED) is 0.169. The van der Waals surface area contributed by atoms with Crippen LogP contribution in [0.1, 0.15) is 65.9 Å². The van der Waals surface area contributed by atoms with Gasteiger partial charge in [0.15, 0.2) is 34.3 Å². The van der Waals surface area contributed by atoms with E-state index in [4.69, 9.17) is 56.3 Å². The Balaban J connectivity index is 1.51. The zero-order chi connectivity index (χ0) is 34.6. The number of rotatable bonds is 9. The van der Waals surface area contributed by atoms with Crippen molar-refractivity contribution in [2.24, 2.45) is 0 Å². The number of imidazole rings is 1. The van der Waals surface area contributed by atoms with Crippen LogP contribution < -0.4 is 5.73 Å². The standard InChI is InChI=1S/C31H49ClN5O6PSSi2/c1-30(2,3)46(7,8)42-25-23(17-39-44(45)38-15-14-22(41-44)20-12-11-13-21(32)16-20)40-29(26(25)43-47(9,10)31(4,5)6)37-19-36-24-27(33)34-18-35-28(24)37/h11-13,16,18-19,22-23,25-26,29H,14-15,17H2,1-10H3,(H2,33,34,35)/t22?,23-,25-,26-,29-,44?/m1/s1. The van der Waals surface area contributed by atoms with Crippen LogP contribution in [0.25, 0.3) is 11.2 Å².